The monoisotopic (exact) mass is 349 g/mol. The van der Waals surface area contributed by atoms with E-state index in [1.807, 2.05) is 18.2 Å². The average molecular weight is 349 g/mol. The molecule has 0 aliphatic carbocycles. The van der Waals surface area contributed by atoms with E-state index >= 15 is 0 Å². The largest absolute Gasteiger partial charge is 0.395 e. The van der Waals surface area contributed by atoms with E-state index in [0.717, 1.165) is 42.4 Å². The van der Waals surface area contributed by atoms with Gasteiger partial charge in [-0.2, -0.15) is 9.78 Å². The van der Waals surface area contributed by atoms with Crippen LogP contribution in [-0.2, 0) is 6.42 Å². The molecular formula is C21H23N3O2. The maximum atomic E-state index is 12.0. The molecule has 0 amide bonds. The van der Waals surface area contributed by atoms with Crippen molar-refractivity contribution in [1.82, 2.24) is 14.7 Å². The van der Waals surface area contributed by atoms with Gasteiger partial charge in [-0.05, 0) is 60.3 Å². The van der Waals surface area contributed by atoms with E-state index in [1.54, 1.807) is 12.3 Å². The van der Waals surface area contributed by atoms with Gasteiger partial charge in [-0.15, -0.1) is 0 Å². The summed E-state index contributed by atoms with van der Waals surface area (Å²) in [7, 11) is 0. The Balaban J connectivity index is 1.54. The van der Waals surface area contributed by atoms with Crippen LogP contribution in [0, 0.1) is 0 Å². The highest BCUT2D eigenvalue weighted by Gasteiger charge is 2.22. The molecule has 1 N–H and O–H groups in total. The van der Waals surface area contributed by atoms with E-state index in [9.17, 15) is 9.90 Å². The van der Waals surface area contributed by atoms with Gasteiger partial charge in [-0.25, -0.2) is 0 Å². The number of aliphatic hydroxyl groups is 1. The fourth-order valence-electron chi connectivity index (χ4n) is 3.79. The van der Waals surface area contributed by atoms with Crippen molar-refractivity contribution >= 4 is 10.8 Å². The van der Waals surface area contributed by atoms with E-state index < -0.39 is 0 Å². The highest BCUT2D eigenvalue weighted by atomic mass is 16.3. The lowest BCUT2D eigenvalue weighted by Gasteiger charge is -2.22. The van der Waals surface area contributed by atoms with Gasteiger partial charge in [0.2, 0.25) is 0 Å². The van der Waals surface area contributed by atoms with Crippen molar-refractivity contribution < 1.29 is 5.11 Å². The number of rotatable bonds is 5. The predicted octanol–water partition coefficient (Wildman–Crippen LogP) is 2.38. The molecule has 1 unspecified atom stereocenters. The van der Waals surface area contributed by atoms with Crippen LogP contribution in [0.15, 0.2) is 59.5 Å². The summed E-state index contributed by atoms with van der Waals surface area (Å²) < 4.78 is 1.41. The molecule has 26 heavy (non-hydrogen) atoms. The minimum atomic E-state index is -0.132. The van der Waals surface area contributed by atoms with Crippen molar-refractivity contribution in [3.8, 4) is 5.69 Å². The first-order chi connectivity index (χ1) is 12.7. The zero-order valence-corrected chi connectivity index (χ0v) is 14.7. The van der Waals surface area contributed by atoms with Crippen LogP contribution in [0.2, 0.25) is 0 Å². The summed E-state index contributed by atoms with van der Waals surface area (Å²) in [5, 5.41) is 15.8. The molecule has 1 aliphatic rings. The van der Waals surface area contributed by atoms with Crippen molar-refractivity contribution in [2.75, 3.05) is 19.7 Å². The van der Waals surface area contributed by atoms with Gasteiger partial charge >= 0.3 is 0 Å². The van der Waals surface area contributed by atoms with Crippen LogP contribution in [0.25, 0.3) is 16.5 Å². The minimum Gasteiger partial charge on any atom is -0.395 e. The fraction of sp³-hybridized carbons (Fsp3) is 0.333. The second kappa shape index (κ2) is 7.40. The number of benzene rings is 2. The molecule has 0 radical (unpaired) electrons. The Labute approximate surface area is 152 Å². The molecule has 4 rings (SSSR count). The van der Waals surface area contributed by atoms with E-state index in [2.05, 4.69) is 28.2 Å². The number of likely N-dealkylation sites (tertiary alicyclic amines) is 1. The van der Waals surface area contributed by atoms with Gasteiger partial charge in [0.05, 0.1) is 12.3 Å². The van der Waals surface area contributed by atoms with Crippen LogP contribution in [0.5, 0.6) is 0 Å². The lowest BCUT2D eigenvalue weighted by molar-refractivity contribution is 0.160. The Kier molecular flexibility index (Phi) is 4.82. The number of hydrogen-bond acceptors (Lipinski definition) is 4. The van der Waals surface area contributed by atoms with Crippen LogP contribution < -0.4 is 5.56 Å². The van der Waals surface area contributed by atoms with E-state index in [1.165, 1.54) is 22.7 Å². The first kappa shape index (κ1) is 16.9. The molecule has 2 aromatic carbocycles. The predicted molar refractivity (Wildman–Crippen MR) is 103 cm³/mol. The standard InChI is InChI=1S/C21H23N3O2/c25-15-20-3-2-11-23(20)12-9-16-5-6-18-14-19(8-7-17(18)13-16)24-21(26)4-1-10-22-24/h1,4-8,10,13-14,20,25H,2-3,9,11-12,15H2. The zero-order valence-electron chi connectivity index (χ0n) is 14.7. The van der Waals surface area contributed by atoms with Crippen LogP contribution >= 0.6 is 0 Å². The van der Waals surface area contributed by atoms with E-state index in [4.69, 9.17) is 0 Å². The molecule has 134 valence electrons. The molecule has 1 aromatic heterocycles. The lowest BCUT2D eigenvalue weighted by Crippen LogP contribution is -2.33. The van der Waals surface area contributed by atoms with Crippen LogP contribution in [0.3, 0.4) is 0 Å². The van der Waals surface area contributed by atoms with Gasteiger partial charge in [-0.3, -0.25) is 9.69 Å². The topological polar surface area (TPSA) is 58.4 Å². The Morgan fingerprint density at radius 3 is 2.81 bits per heavy atom. The molecule has 0 bridgehead atoms. The van der Waals surface area contributed by atoms with Crippen LogP contribution in [0.1, 0.15) is 18.4 Å². The van der Waals surface area contributed by atoms with Gasteiger partial charge in [0.1, 0.15) is 0 Å². The number of aliphatic hydroxyl groups excluding tert-OH is 1. The quantitative estimate of drug-likeness (QED) is 0.768. The van der Waals surface area contributed by atoms with E-state index in [-0.39, 0.29) is 12.2 Å². The highest BCUT2D eigenvalue weighted by Crippen LogP contribution is 2.21. The van der Waals surface area contributed by atoms with Gasteiger partial charge < -0.3 is 5.11 Å². The molecule has 3 aromatic rings. The van der Waals surface area contributed by atoms with Gasteiger partial charge in [0.15, 0.2) is 0 Å². The number of hydrogen-bond donors (Lipinski definition) is 1. The summed E-state index contributed by atoms with van der Waals surface area (Å²) in [5.41, 5.74) is 1.94. The lowest BCUT2D eigenvalue weighted by atomic mass is 10.0. The molecule has 0 spiro atoms. The first-order valence-electron chi connectivity index (χ1n) is 9.17. The van der Waals surface area contributed by atoms with E-state index in [0.29, 0.717) is 6.04 Å². The minimum absolute atomic E-state index is 0.132. The third-order valence-corrected chi connectivity index (χ3v) is 5.25. The molecule has 1 aliphatic heterocycles. The van der Waals surface area contributed by atoms with Crippen molar-refractivity contribution in [3.63, 3.8) is 0 Å². The SMILES string of the molecule is O=c1cccnn1-c1ccc2cc(CCN3CCCC3CO)ccc2c1. The van der Waals surface area contributed by atoms with Crippen molar-refractivity contribution in [3.05, 3.63) is 70.6 Å². The Bertz CT molecular complexity index is 967. The molecule has 0 saturated carbocycles. The van der Waals surface area contributed by atoms with Crippen LogP contribution in [0.4, 0.5) is 0 Å². The summed E-state index contributed by atoms with van der Waals surface area (Å²) in [5.74, 6) is 0. The Morgan fingerprint density at radius 1 is 1.12 bits per heavy atom. The third kappa shape index (κ3) is 3.41. The van der Waals surface area contributed by atoms with Crippen LogP contribution in [-0.4, -0.2) is 45.5 Å². The van der Waals surface area contributed by atoms with Crippen molar-refractivity contribution in [1.29, 1.82) is 0 Å². The third-order valence-electron chi connectivity index (χ3n) is 5.25. The average Bonchev–Trinajstić information content (AvgIpc) is 3.14. The second-order valence-corrected chi connectivity index (χ2v) is 6.90. The molecule has 1 fully saturated rings. The molecule has 5 nitrogen and oxygen atoms in total. The number of aromatic nitrogens is 2. The second-order valence-electron chi connectivity index (χ2n) is 6.90. The number of nitrogens with zero attached hydrogens (tertiary/aromatic N) is 3. The molecule has 5 heteroatoms. The molecule has 1 saturated heterocycles. The van der Waals surface area contributed by atoms with Gasteiger partial charge in [0.25, 0.3) is 5.56 Å². The zero-order chi connectivity index (χ0) is 17.9. The highest BCUT2D eigenvalue weighted by molar-refractivity contribution is 5.85. The number of fused-ring (bicyclic) bond motifs is 1. The summed E-state index contributed by atoms with van der Waals surface area (Å²) in [6.45, 7) is 2.33. The molecule has 2 heterocycles. The summed E-state index contributed by atoms with van der Waals surface area (Å²) in [6.07, 6.45) is 4.88. The molecule has 1 atom stereocenters. The Morgan fingerprint density at radius 2 is 1.96 bits per heavy atom. The summed E-state index contributed by atoms with van der Waals surface area (Å²) in [4.78, 5) is 14.3. The maximum absolute atomic E-state index is 12.0. The normalized spacial score (nSPS) is 17.8. The fourth-order valence-corrected chi connectivity index (χ4v) is 3.79. The van der Waals surface area contributed by atoms with Crippen molar-refractivity contribution in [2.24, 2.45) is 0 Å². The first-order valence-corrected chi connectivity index (χ1v) is 9.17. The molecular weight excluding hydrogens is 326 g/mol. The smallest absolute Gasteiger partial charge is 0.271 e. The summed E-state index contributed by atoms with van der Waals surface area (Å²) in [6, 6.07) is 15.9. The van der Waals surface area contributed by atoms with Gasteiger partial charge in [-0.1, -0.05) is 24.3 Å². The van der Waals surface area contributed by atoms with Crippen molar-refractivity contribution in [2.45, 2.75) is 25.3 Å². The Hall–Kier alpha value is -2.50. The van der Waals surface area contributed by atoms with Gasteiger partial charge in [0, 0.05) is 24.8 Å². The summed E-state index contributed by atoms with van der Waals surface area (Å²) >= 11 is 0. The maximum Gasteiger partial charge on any atom is 0.271 e.